The van der Waals surface area contributed by atoms with Gasteiger partial charge in [0.2, 0.25) is 0 Å². The van der Waals surface area contributed by atoms with Gasteiger partial charge in [-0.15, -0.1) is 0 Å². The highest BCUT2D eigenvalue weighted by Crippen LogP contribution is 2.48. The van der Waals surface area contributed by atoms with Crippen molar-refractivity contribution in [3.8, 4) is 11.5 Å². The van der Waals surface area contributed by atoms with Crippen molar-refractivity contribution >= 4 is 12.0 Å². The molecule has 2 N–H and O–H groups in total. The molecule has 1 aromatic carbocycles. The Kier molecular flexibility index (Phi) is 4.17. The number of carbonyl (C=O) groups excluding carboxylic acids is 1. The van der Waals surface area contributed by atoms with Crippen molar-refractivity contribution in [3.05, 3.63) is 23.8 Å². The number of likely N-dealkylation sites (tertiary alicyclic amines) is 1. The summed E-state index contributed by atoms with van der Waals surface area (Å²) in [6.45, 7) is 1.23. The minimum atomic E-state index is -0.765. The predicted octanol–water partition coefficient (Wildman–Crippen LogP) is 1.89. The van der Waals surface area contributed by atoms with E-state index in [-0.39, 0.29) is 18.0 Å². The average molecular weight is 360 g/mol. The molecule has 2 heterocycles. The van der Waals surface area contributed by atoms with E-state index in [0.717, 1.165) is 29.9 Å². The van der Waals surface area contributed by atoms with Crippen LogP contribution in [-0.4, -0.2) is 54.9 Å². The second-order valence-corrected chi connectivity index (χ2v) is 7.57. The molecule has 26 heavy (non-hydrogen) atoms. The van der Waals surface area contributed by atoms with Gasteiger partial charge in [0.1, 0.15) is 18.1 Å². The fourth-order valence-electron chi connectivity index (χ4n) is 4.63. The number of carboxylic acids is 1. The van der Waals surface area contributed by atoms with Gasteiger partial charge in [-0.1, -0.05) is 12.5 Å². The molecule has 140 valence electrons. The number of hydrogen-bond donors (Lipinski definition) is 2. The number of amides is 2. The molecule has 1 unspecified atom stereocenters. The first-order chi connectivity index (χ1) is 12.5. The Morgan fingerprint density at radius 1 is 1.42 bits per heavy atom. The van der Waals surface area contributed by atoms with Crippen LogP contribution in [0.3, 0.4) is 0 Å². The third kappa shape index (κ3) is 2.75. The molecule has 7 nitrogen and oxygen atoms in total. The van der Waals surface area contributed by atoms with Crippen LogP contribution in [-0.2, 0) is 11.2 Å². The molecule has 1 aliphatic carbocycles. The number of urea groups is 1. The van der Waals surface area contributed by atoms with E-state index < -0.39 is 11.4 Å². The average Bonchev–Trinajstić information content (AvgIpc) is 3.19. The summed E-state index contributed by atoms with van der Waals surface area (Å²) < 4.78 is 11.0. The molecule has 7 heteroatoms. The van der Waals surface area contributed by atoms with Gasteiger partial charge in [0, 0.05) is 19.2 Å². The third-order valence-electron chi connectivity index (χ3n) is 6.09. The van der Waals surface area contributed by atoms with E-state index in [2.05, 4.69) is 5.32 Å². The van der Waals surface area contributed by atoms with E-state index in [1.54, 1.807) is 12.0 Å². The highest BCUT2D eigenvalue weighted by molar-refractivity contribution is 5.80. The molecule has 1 saturated heterocycles. The molecule has 3 atom stereocenters. The Morgan fingerprint density at radius 3 is 3.00 bits per heavy atom. The number of rotatable bonds is 3. The summed E-state index contributed by atoms with van der Waals surface area (Å²) >= 11 is 0. The molecule has 0 bridgehead atoms. The van der Waals surface area contributed by atoms with Crippen LogP contribution >= 0.6 is 0 Å². The summed E-state index contributed by atoms with van der Waals surface area (Å²) in [6, 6.07) is 5.37. The van der Waals surface area contributed by atoms with Crippen LogP contribution in [0, 0.1) is 11.3 Å². The van der Waals surface area contributed by atoms with Gasteiger partial charge in [-0.3, -0.25) is 4.79 Å². The summed E-state index contributed by atoms with van der Waals surface area (Å²) in [7, 11) is 1.61. The van der Waals surface area contributed by atoms with Gasteiger partial charge >= 0.3 is 12.0 Å². The van der Waals surface area contributed by atoms with Crippen molar-refractivity contribution in [1.82, 2.24) is 10.2 Å². The van der Waals surface area contributed by atoms with Crippen LogP contribution in [0.15, 0.2) is 18.2 Å². The van der Waals surface area contributed by atoms with Gasteiger partial charge in [0.05, 0.1) is 18.6 Å². The molecule has 2 fully saturated rings. The minimum Gasteiger partial charge on any atom is -0.497 e. The predicted molar refractivity (Wildman–Crippen MR) is 93.5 cm³/mol. The quantitative estimate of drug-likeness (QED) is 0.859. The molecule has 2 aliphatic heterocycles. The fourth-order valence-corrected chi connectivity index (χ4v) is 4.63. The minimum absolute atomic E-state index is 0.0709. The molecular weight excluding hydrogens is 336 g/mol. The lowest BCUT2D eigenvalue weighted by Crippen LogP contribution is -2.49. The zero-order chi connectivity index (χ0) is 18.3. The second kappa shape index (κ2) is 6.37. The third-order valence-corrected chi connectivity index (χ3v) is 6.09. The number of hydrogen-bond acceptors (Lipinski definition) is 4. The van der Waals surface area contributed by atoms with Gasteiger partial charge in [-0.25, -0.2) is 4.79 Å². The zero-order valence-electron chi connectivity index (χ0n) is 14.9. The summed E-state index contributed by atoms with van der Waals surface area (Å²) in [6.07, 6.45) is 3.17. The van der Waals surface area contributed by atoms with Crippen molar-refractivity contribution < 1.29 is 24.2 Å². The largest absolute Gasteiger partial charge is 0.497 e. The molecule has 0 aromatic heterocycles. The Balaban J connectivity index is 1.39. The van der Waals surface area contributed by atoms with Crippen LogP contribution in [0.4, 0.5) is 4.79 Å². The number of methoxy groups -OCH3 is 1. The number of carboxylic acid groups (broad SMARTS) is 1. The molecule has 1 aromatic rings. The van der Waals surface area contributed by atoms with E-state index in [4.69, 9.17) is 9.47 Å². The first-order valence-electron chi connectivity index (χ1n) is 9.10. The highest BCUT2D eigenvalue weighted by atomic mass is 16.5. The standard InChI is InChI=1S/C19H24N2O5/c1-25-15-5-4-12-7-14(10-26-16(12)8-15)20-18(24)21-9-13-3-2-6-19(13,11-21)17(22)23/h4-5,8,13-14H,2-3,6-7,9-11H2,1H3,(H,20,24)(H,22,23)/t13-,14?,19+/m0/s1. The van der Waals surface area contributed by atoms with Crippen LogP contribution in [0.2, 0.25) is 0 Å². The normalized spacial score (nSPS) is 29.5. The summed E-state index contributed by atoms with van der Waals surface area (Å²) in [4.78, 5) is 26.1. The molecule has 0 spiro atoms. The lowest BCUT2D eigenvalue weighted by Gasteiger charge is -2.29. The lowest BCUT2D eigenvalue weighted by atomic mass is 9.81. The first-order valence-corrected chi connectivity index (χ1v) is 9.10. The van der Waals surface area contributed by atoms with Crippen molar-refractivity contribution in [3.63, 3.8) is 0 Å². The SMILES string of the molecule is COc1ccc2c(c1)OCC(NC(=O)N1C[C@@H]3CCC[C@@]3(C(=O)O)C1)C2. The number of nitrogens with zero attached hydrogens (tertiary/aromatic N) is 1. The second-order valence-electron chi connectivity index (χ2n) is 7.57. The summed E-state index contributed by atoms with van der Waals surface area (Å²) in [5.74, 6) is 0.838. The maximum absolute atomic E-state index is 12.7. The van der Waals surface area contributed by atoms with Gasteiger partial charge in [-0.05, 0) is 36.8 Å². The van der Waals surface area contributed by atoms with Crippen molar-refractivity contribution in [2.24, 2.45) is 11.3 Å². The number of fused-ring (bicyclic) bond motifs is 2. The van der Waals surface area contributed by atoms with E-state index in [1.807, 2.05) is 18.2 Å². The van der Waals surface area contributed by atoms with E-state index >= 15 is 0 Å². The van der Waals surface area contributed by atoms with Crippen molar-refractivity contribution in [1.29, 1.82) is 0 Å². The zero-order valence-corrected chi connectivity index (χ0v) is 14.9. The maximum Gasteiger partial charge on any atom is 0.317 e. The van der Waals surface area contributed by atoms with Gasteiger partial charge in [0.25, 0.3) is 0 Å². The van der Waals surface area contributed by atoms with Gasteiger partial charge < -0.3 is 24.8 Å². The highest BCUT2D eigenvalue weighted by Gasteiger charge is 2.55. The first kappa shape index (κ1) is 17.0. The maximum atomic E-state index is 12.7. The van der Waals surface area contributed by atoms with E-state index in [9.17, 15) is 14.7 Å². The summed E-state index contributed by atoms with van der Waals surface area (Å²) in [5, 5.41) is 12.7. The number of nitrogens with one attached hydrogen (secondary N) is 1. The molecular formula is C19H24N2O5. The number of benzene rings is 1. The smallest absolute Gasteiger partial charge is 0.317 e. The Labute approximate surface area is 152 Å². The van der Waals surface area contributed by atoms with Gasteiger partial charge in [0.15, 0.2) is 0 Å². The molecule has 1 saturated carbocycles. The number of ether oxygens (including phenoxy) is 2. The number of aliphatic carboxylic acids is 1. The molecule has 3 aliphatic rings. The number of carbonyl (C=O) groups is 2. The van der Waals surface area contributed by atoms with E-state index in [0.29, 0.717) is 32.5 Å². The Hall–Kier alpha value is -2.44. The fraction of sp³-hybridized carbons (Fsp3) is 0.579. The van der Waals surface area contributed by atoms with Crippen LogP contribution in [0.5, 0.6) is 11.5 Å². The Bertz CT molecular complexity index is 737. The van der Waals surface area contributed by atoms with Crippen LogP contribution in [0.25, 0.3) is 0 Å². The molecule has 4 rings (SSSR count). The Morgan fingerprint density at radius 2 is 2.27 bits per heavy atom. The molecule has 0 radical (unpaired) electrons. The van der Waals surface area contributed by atoms with Crippen molar-refractivity contribution in [2.75, 3.05) is 26.8 Å². The lowest BCUT2D eigenvalue weighted by molar-refractivity contribution is -0.149. The van der Waals surface area contributed by atoms with Crippen LogP contribution < -0.4 is 14.8 Å². The topological polar surface area (TPSA) is 88.1 Å². The summed E-state index contributed by atoms with van der Waals surface area (Å²) in [5.41, 5.74) is 0.284. The van der Waals surface area contributed by atoms with Gasteiger partial charge in [-0.2, -0.15) is 0 Å². The van der Waals surface area contributed by atoms with Crippen molar-refractivity contribution in [2.45, 2.75) is 31.7 Å². The van der Waals surface area contributed by atoms with E-state index in [1.165, 1.54) is 0 Å². The monoisotopic (exact) mass is 360 g/mol. The molecule has 2 amide bonds. The van der Waals surface area contributed by atoms with Crippen LogP contribution in [0.1, 0.15) is 24.8 Å².